The van der Waals surface area contributed by atoms with Gasteiger partial charge in [0.05, 0.1) is 5.75 Å². The lowest BCUT2D eigenvalue weighted by atomic mass is 9.96. The van der Waals surface area contributed by atoms with Gasteiger partial charge in [0.25, 0.3) is 0 Å². The lowest BCUT2D eigenvalue weighted by Crippen LogP contribution is -2.40. The molecule has 23 heavy (non-hydrogen) atoms. The van der Waals surface area contributed by atoms with Crippen molar-refractivity contribution in [1.29, 1.82) is 0 Å². The van der Waals surface area contributed by atoms with Gasteiger partial charge in [-0.2, -0.15) is 0 Å². The van der Waals surface area contributed by atoms with Crippen LogP contribution in [0.25, 0.3) is 0 Å². The molecular weight excluding hydrogens is 316 g/mol. The fraction of sp³-hybridized carbons (Fsp3) is 0.562. The molecule has 1 amide bonds. The molecule has 128 valence electrons. The second-order valence-electron chi connectivity index (χ2n) is 5.76. The van der Waals surface area contributed by atoms with Gasteiger partial charge in [-0.15, -0.1) is 0 Å². The normalized spacial score (nSPS) is 16.0. The molecule has 1 aromatic carbocycles. The summed E-state index contributed by atoms with van der Waals surface area (Å²) in [6.07, 6.45) is 4.49. The number of carbonyl (C=O) groups excluding carboxylic acids is 1. The molecule has 0 saturated heterocycles. The highest BCUT2D eigenvalue weighted by Crippen LogP contribution is 2.17. The van der Waals surface area contributed by atoms with E-state index in [0.29, 0.717) is 0 Å². The van der Waals surface area contributed by atoms with Crippen LogP contribution in [0.4, 0.5) is 4.79 Å². The van der Waals surface area contributed by atoms with Gasteiger partial charge in [-0.25, -0.2) is 17.9 Å². The minimum absolute atomic E-state index is 0.0374. The van der Waals surface area contributed by atoms with Crippen LogP contribution >= 0.6 is 0 Å². The standard InChI is InChI=1S/C16H24N2O4S/c19-16(22-13-14-7-3-1-4-8-14)17-11-12-23(20,21)18-15-9-5-2-6-10-15/h1,3-4,7-8,15,18H,2,5-6,9-13H2,(H,17,19). The summed E-state index contributed by atoms with van der Waals surface area (Å²) in [4.78, 5) is 11.5. The molecule has 0 bridgehead atoms. The summed E-state index contributed by atoms with van der Waals surface area (Å²) >= 11 is 0. The van der Waals surface area contributed by atoms with E-state index in [-0.39, 0.29) is 24.9 Å². The highest BCUT2D eigenvalue weighted by molar-refractivity contribution is 7.89. The fourth-order valence-electron chi connectivity index (χ4n) is 2.59. The van der Waals surface area contributed by atoms with Gasteiger partial charge in [0.15, 0.2) is 0 Å². The second kappa shape index (κ2) is 8.88. The minimum Gasteiger partial charge on any atom is -0.445 e. The number of rotatable bonds is 7. The lowest BCUT2D eigenvalue weighted by Gasteiger charge is -2.22. The maximum atomic E-state index is 12.0. The van der Waals surface area contributed by atoms with Gasteiger partial charge in [0.2, 0.25) is 10.0 Å². The van der Waals surface area contributed by atoms with Crippen molar-refractivity contribution in [1.82, 2.24) is 10.0 Å². The van der Waals surface area contributed by atoms with Gasteiger partial charge in [-0.05, 0) is 18.4 Å². The molecule has 0 atom stereocenters. The van der Waals surface area contributed by atoms with Crippen molar-refractivity contribution in [3.05, 3.63) is 35.9 Å². The van der Waals surface area contributed by atoms with E-state index in [1.54, 1.807) is 0 Å². The maximum Gasteiger partial charge on any atom is 0.407 e. The Morgan fingerprint density at radius 1 is 1.13 bits per heavy atom. The molecular formula is C16H24N2O4S. The number of ether oxygens (including phenoxy) is 1. The third kappa shape index (κ3) is 7.00. The minimum atomic E-state index is -3.36. The van der Waals surface area contributed by atoms with E-state index < -0.39 is 16.1 Å². The van der Waals surface area contributed by atoms with E-state index in [1.807, 2.05) is 30.3 Å². The Hall–Kier alpha value is -1.60. The molecule has 6 nitrogen and oxygen atoms in total. The van der Waals surface area contributed by atoms with Crippen LogP contribution in [0, 0.1) is 0 Å². The number of hydrogen-bond acceptors (Lipinski definition) is 4. The van der Waals surface area contributed by atoms with Crippen molar-refractivity contribution < 1.29 is 17.9 Å². The van der Waals surface area contributed by atoms with E-state index in [0.717, 1.165) is 31.2 Å². The Bertz CT molecular complexity index is 583. The first-order chi connectivity index (χ1) is 11.1. The number of carbonyl (C=O) groups is 1. The number of hydrogen-bond donors (Lipinski definition) is 2. The highest BCUT2D eigenvalue weighted by atomic mass is 32.2. The second-order valence-corrected chi connectivity index (χ2v) is 7.63. The van der Waals surface area contributed by atoms with Crippen molar-refractivity contribution in [3.63, 3.8) is 0 Å². The van der Waals surface area contributed by atoms with Gasteiger partial charge < -0.3 is 10.1 Å². The molecule has 1 fully saturated rings. The van der Waals surface area contributed by atoms with E-state index in [9.17, 15) is 13.2 Å². The van der Waals surface area contributed by atoms with Crippen LogP contribution in [-0.4, -0.2) is 32.9 Å². The predicted molar refractivity (Wildman–Crippen MR) is 88.4 cm³/mol. The van der Waals surface area contributed by atoms with Gasteiger partial charge in [-0.1, -0.05) is 49.6 Å². The Morgan fingerprint density at radius 2 is 1.83 bits per heavy atom. The molecule has 7 heteroatoms. The van der Waals surface area contributed by atoms with Crippen molar-refractivity contribution in [3.8, 4) is 0 Å². The van der Waals surface area contributed by atoms with E-state index >= 15 is 0 Å². The first-order valence-corrected chi connectivity index (χ1v) is 9.65. The topological polar surface area (TPSA) is 84.5 Å². The average molecular weight is 340 g/mol. The molecule has 0 heterocycles. The molecule has 0 aromatic heterocycles. The summed E-state index contributed by atoms with van der Waals surface area (Å²) in [5, 5.41) is 2.47. The predicted octanol–water partition coefficient (Wildman–Crippen LogP) is 2.16. The smallest absolute Gasteiger partial charge is 0.407 e. The summed E-state index contributed by atoms with van der Waals surface area (Å²) in [5.74, 6) is -0.135. The number of alkyl carbamates (subject to hydrolysis) is 1. The van der Waals surface area contributed by atoms with Crippen LogP contribution in [0.15, 0.2) is 30.3 Å². The number of benzene rings is 1. The van der Waals surface area contributed by atoms with Crippen LogP contribution in [0.3, 0.4) is 0 Å². The lowest BCUT2D eigenvalue weighted by molar-refractivity contribution is 0.140. The average Bonchev–Trinajstić information content (AvgIpc) is 2.54. The third-order valence-electron chi connectivity index (χ3n) is 3.80. The summed E-state index contributed by atoms with van der Waals surface area (Å²) in [5.41, 5.74) is 0.884. The Balaban J connectivity index is 1.64. The first-order valence-electron chi connectivity index (χ1n) is 8.00. The van der Waals surface area contributed by atoms with Crippen molar-refractivity contribution in [2.75, 3.05) is 12.3 Å². The van der Waals surface area contributed by atoms with Crippen LogP contribution in [0.5, 0.6) is 0 Å². The van der Waals surface area contributed by atoms with Gasteiger partial charge in [0.1, 0.15) is 6.61 Å². The fourth-order valence-corrected chi connectivity index (χ4v) is 3.83. The molecule has 0 radical (unpaired) electrons. The summed E-state index contributed by atoms with van der Waals surface area (Å²) in [6, 6.07) is 9.35. The first kappa shape index (κ1) is 17.7. The Kier molecular flexibility index (Phi) is 6.85. The third-order valence-corrected chi connectivity index (χ3v) is 5.24. The van der Waals surface area contributed by atoms with Gasteiger partial charge >= 0.3 is 6.09 Å². The highest BCUT2D eigenvalue weighted by Gasteiger charge is 2.20. The van der Waals surface area contributed by atoms with E-state index in [1.165, 1.54) is 6.42 Å². The number of sulfonamides is 1. The summed E-state index contributed by atoms with van der Waals surface area (Å²) in [6.45, 7) is 0.204. The van der Waals surface area contributed by atoms with Crippen LogP contribution in [0.2, 0.25) is 0 Å². The van der Waals surface area contributed by atoms with Crippen molar-refractivity contribution >= 4 is 16.1 Å². The van der Waals surface area contributed by atoms with Crippen molar-refractivity contribution in [2.24, 2.45) is 0 Å². The van der Waals surface area contributed by atoms with Crippen LogP contribution in [-0.2, 0) is 21.4 Å². The zero-order valence-electron chi connectivity index (χ0n) is 13.2. The van der Waals surface area contributed by atoms with E-state index in [4.69, 9.17) is 4.74 Å². The molecule has 0 unspecified atom stereocenters. The zero-order chi connectivity index (χ0) is 16.5. The largest absolute Gasteiger partial charge is 0.445 e. The summed E-state index contributed by atoms with van der Waals surface area (Å²) in [7, 11) is -3.36. The molecule has 2 N–H and O–H groups in total. The van der Waals surface area contributed by atoms with Crippen molar-refractivity contribution in [2.45, 2.75) is 44.8 Å². The molecule has 0 spiro atoms. The van der Waals surface area contributed by atoms with Crippen LogP contribution < -0.4 is 10.0 Å². The molecule has 1 aliphatic carbocycles. The quantitative estimate of drug-likeness (QED) is 0.797. The molecule has 1 aromatic rings. The number of nitrogens with one attached hydrogen (secondary N) is 2. The SMILES string of the molecule is O=C(NCCS(=O)(=O)NC1CCCCC1)OCc1ccccc1. The van der Waals surface area contributed by atoms with E-state index in [2.05, 4.69) is 10.0 Å². The molecule has 2 rings (SSSR count). The molecule has 1 aliphatic rings. The number of amides is 1. The molecule has 1 saturated carbocycles. The van der Waals surface area contributed by atoms with Crippen LogP contribution in [0.1, 0.15) is 37.7 Å². The Labute approximate surface area is 137 Å². The Morgan fingerprint density at radius 3 is 2.52 bits per heavy atom. The maximum absolute atomic E-state index is 12.0. The molecule has 0 aliphatic heterocycles. The monoisotopic (exact) mass is 340 g/mol. The van der Waals surface area contributed by atoms with Gasteiger partial charge in [-0.3, -0.25) is 0 Å². The zero-order valence-corrected chi connectivity index (χ0v) is 14.0. The van der Waals surface area contributed by atoms with Gasteiger partial charge in [0, 0.05) is 12.6 Å². The summed E-state index contributed by atoms with van der Waals surface area (Å²) < 4.78 is 31.6.